The molecule has 0 bridgehead atoms. The first-order valence-electron chi connectivity index (χ1n) is 4.34. The van der Waals surface area contributed by atoms with E-state index >= 15 is 0 Å². The van der Waals surface area contributed by atoms with E-state index in [0.29, 0.717) is 6.04 Å². The van der Waals surface area contributed by atoms with Crippen molar-refractivity contribution in [3.05, 3.63) is 20.8 Å². The second-order valence-corrected chi connectivity index (χ2v) is 4.85. The van der Waals surface area contributed by atoms with Crippen LogP contribution < -0.4 is 5.32 Å². The van der Waals surface area contributed by atoms with Crippen molar-refractivity contribution in [2.24, 2.45) is 0 Å². The van der Waals surface area contributed by atoms with Gasteiger partial charge in [-0.15, -0.1) is 11.3 Å². The third-order valence-electron chi connectivity index (χ3n) is 2.07. The van der Waals surface area contributed by atoms with Crippen LogP contribution in [0, 0.1) is 6.92 Å². The van der Waals surface area contributed by atoms with Crippen LogP contribution in [0.25, 0.3) is 0 Å². The predicted octanol–water partition coefficient (Wildman–Crippen LogP) is 2.37. The predicted molar refractivity (Wildman–Crippen MR) is 55.6 cm³/mol. The van der Waals surface area contributed by atoms with Crippen LogP contribution in [0.3, 0.4) is 0 Å². The summed E-state index contributed by atoms with van der Waals surface area (Å²) < 4.78 is 5.39. The lowest BCUT2D eigenvalue weighted by atomic mass is 10.2. The highest BCUT2D eigenvalue weighted by atomic mass is 35.5. The summed E-state index contributed by atoms with van der Waals surface area (Å²) in [6.07, 6.45) is 0. The van der Waals surface area contributed by atoms with Gasteiger partial charge in [0.25, 0.3) is 0 Å². The van der Waals surface area contributed by atoms with Crippen molar-refractivity contribution in [3.8, 4) is 0 Å². The van der Waals surface area contributed by atoms with Gasteiger partial charge in [0.2, 0.25) is 0 Å². The molecule has 72 valence electrons. The molecular formula is C9H12ClNOS. The largest absolute Gasteiger partial charge is 0.378 e. The molecule has 1 aliphatic rings. The average Bonchev–Trinajstić information content (AvgIpc) is 2.47. The first-order valence-corrected chi connectivity index (χ1v) is 5.54. The molecule has 0 spiro atoms. The lowest BCUT2D eigenvalue weighted by Gasteiger charge is -2.23. The molecule has 0 radical (unpaired) electrons. The highest BCUT2D eigenvalue weighted by Crippen LogP contribution is 2.32. The van der Waals surface area contributed by atoms with E-state index < -0.39 is 0 Å². The van der Waals surface area contributed by atoms with Gasteiger partial charge in [-0.1, -0.05) is 11.6 Å². The van der Waals surface area contributed by atoms with Crippen molar-refractivity contribution in [1.29, 1.82) is 0 Å². The fourth-order valence-corrected chi connectivity index (χ4v) is 2.92. The van der Waals surface area contributed by atoms with Crippen molar-refractivity contribution in [2.45, 2.75) is 13.0 Å². The Hall–Kier alpha value is -0.0900. The summed E-state index contributed by atoms with van der Waals surface area (Å²) in [5, 5.41) is 4.26. The van der Waals surface area contributed by atoms with Crippen molar-refractivity contribution in [3.63, 3.8) is 0 Å². The van der Waals surface area contributed by atoms with Gasteiger partial charge in [-0.2, -0.15) is 0 Å². The maximum Gasteiger partial charge on any atom is 0.0670 e. The lowest BCUT2D eigenvalue weighted by molar-refractivity contribution is 0.0779. The molecule has 13 heavy (non-hydrogen) atoms. The summed E-state index contributed by atoms with van der Waals surface area (Å²) in [5.41, 5.74) is 0. The van der Waals surface area contributed by atoms with Gasteiger partial charge in [-0.25, -0.2) is 0 Å². The first kappa shape index (κ1) is 9.46. The molecule has 0 amide bonds. The summed E-state index contributed by atoms with van der Waals surface area (Å²) in [5.74, 6) is 0. The highest BCUT2D eigenvalue weighted by Gasteiger charge is 2.19. The van der Waals surface area contributed by atoms with E-state index in [1.54, 1.807) is 11.3 Å². The second kappa shape index (κ2) is 3.96. The zero-order valence-electron chi connectivity index (χ0n) is 7.47. The zero-order valence-corrected chi connectivity index (χ0v) is 9.04. The Bertz CT molecular complexity index is 294. The standard InChI is InChI=1S/C9H12ClNOS/c1-6-4-7(10)9(13-6)8-5-12-3-2-11-8/h4,8,11H,2-3,5H2,1H3. The quantitative estimate of drug-likeness (QED) is 0.780. The molecule has 0 saturated carbocycles. The van der Waals surface area contributed by atoms with Crippen LogP contribution in [0.4, 0.5) is 0 Å². The maximum absolute atomic E-state index is 6.09. The molecular weight excluding hydrogens is 206 g/mol. The van der Waals surface area contributed by atoms with E-state index in [9.17, 15) is 0 Å². The third kappa shape index (κ3) is 2.05. The van der Waals surface area contributed by atoms with Crippen molar-refractivity contribution < 1.29 is 4.74 Å². The fourth-order valence-electron chi connectivity index (χ4n) is 1.47. The maximum atomic E-state index is 6.09. The van der Waals surface area contributed by atoms with Crippen molar-refractivity contribution in [1.82, 2.24) is 5.32 Å². The molecule has 1 atom stereocenters. The molecule has 1 N–H and O–H groups in total. The minimum absolute atomic E-state index is 0.292. The van der Waals surface area contributed by atoms with E-state index in [0.717, 1.165) is 24.8 Å². The molecule has 1 saturated heterocycles. The van der Waals surface area contributed by atoms with E-state index in [1.165, 1.54) is 9.75 Å². The molecule has 2 rings (SSSR count). The smallest absolute Gasteiger partial charge is 0.0670 e. The van der Waals surface area contributed by atoms with Gasteiger partial charge in [0.1, 0.15) is 0 Å². The summed E-state index contributed by atoms with van der Waals surface area (Å²) in [7, 11) is 0. The number of thiophene rings is 1. The van der Waals surface area contributed by atoms with Crippen LogP contribution in [0.5, 0.6) is 0 Å². The minimum Gasteiger partial charge on any atom is -0.378 e. The molecule has 0 aromatic carbocycles. The van der Waals surface area contributed by atoms with Crippen molar-refractivity contribution in [2.75, 3.05) is 19.8 Å². The number of halogens is 1. The summed E-state index contributed by atoms with van der Waals surface area (Å²) in [6, 6.07) is 2.30. The van der Waals surface area contributed by atoms with Gasteiger partial charge in [-0.3, -0.25) is 0 Å². The van der Waals surface area contributed by atoms with Crippen LogP contribution in [0.15, 0.2) is 6.07 Å². The Balaban J connectivity index is 2.18. The molecule has 1 aromatic rings. The van der Waals surface area contributed by atoms with Gasteiger partial charge in [-0.05, 0) is 13.0 Å². The van der Waals surface area contributed by atoms with E-state index in [1.807, 2.05) is 6.07 Å². The van der Waals surface area contributed by atoms with E-state index in [2.05, 4.69) is 12.2 Å². The Kier molecular flexibility index (Phi) is 2.89. The van der Waals surface area contributed by atoms with Gasteiger partial charge < -0.3 is 10.1 Å². The normalized spacial score (nSPS) is 23.4. The highest BCUT2D eigenvalue weighted by molar-refractivity contribution is 7.12. The number of ether oxygens (including phenoxy) is 1. The monoisotopic (exact) mass is 217 g/mol. The fraction of sp³-hybridized carbons (Fsp3) is 0.556. The van der Waals surface area contributed by atoms with E-state index in [-0.39, 0.29) is 0 Å². The molecule has 1 aromatic heterocycles. The van der Waals surface area contributed by atoms with Gasteiger partial charge in [0, 0.05) is 16.3 Å². The number of hydrogen-bond acceptors (Lipinski definition) is 3. The summed E-state index contributed by atoms with van der Waals surface area (Å²) >= 11 is 7.84. The number of hydrogen-bond donors (Lipinski definition) is 1. The lowest BCUT2D eigenvalue weighted by Crippen LogP contribution is -2.34. The molecule has 0 aliphatic carbocycles. The molecule has 2 heterocycles. The number of morpholine rings is 1. The minimum atomic E-state index is 0.292. The third-order valence-corrected chi connectivity index (χ3v) is 3.66. The Morgan fingerprint density at radius 1 is 1.69 bits per heavy atom. The molecule has 2 nitrogen and oxygen atoms in total. The Morgan fingerprint density at radius 2 is 2.54 bits per heavy atom. The number of nitrogens with one attached hydrogen (secondary N) is 1. The summed E-state index contributed by atoms with van der Waals surface area (Å²) in [4.78, 5) is 2.46. The topological polar surface area (TPSA) is 21.3 Å². The van der Waals surface area contributed by atoms with E-state index in [4.69, 9.17) is 16.3 Å². The Morgan fingerprint density at radius 3 is 3.08 bits per heavy atom. The van der Waals surface area contributed by atoms with Crippen LogP contribution in [-0.2, 0) is 4.74 Å². The van der Waals surface area contributed by atoms with Crippen LogP contribution in [0.2, 0.25) is 5.02 Å². The second-order valence-electron chi connectivity index (χ2n) is 3.15. The molecule has 4 heteroatoms. The zero-order chi connectivity index (χ0) is 9.26. The van der Waals surface area contributed by atoms with Crippen molar-refractivity contribution >= 4 is 22.9 Å². The van der Waals surface area contributed by atoms with Gasteiger partial charge >= 0.3 is 0 Å². The molecule has 1 unspecified atom stereocenters. The Labute approximate surface area is 86.9 Å². The van der Waals surface area contributed by atoms with Crippen LogP contribution in [0.1, 0.15) is 15.8 Å². The average molecular weight is 218 g/mol. The number of rotatable bonds is 1. The first-order chi connectivity index (χ1) is 6.27. The van der Waals surface area contributed by atoms with Gasteiger partial charge in [0.05, 0.1) is 24.3 Å². The van der Waals surface area contributed by atoms with Crippen LogP contribution in [-0.4, -0.2) is 19.8 Å². The summed E-state index contributed by atoms with van der Waals surface area (Å²) in [6.45, 7) is 4.53. The number of aryl methyl sites for hydroxylation is 1. The van der Waals surface area contributed by atoms with Crippen LogP contribution >= 0.6 is 22.9 Å². The van der Waals surface area contributed by atoms with Gasteiger partial charge in [0.15, 0.2) is 0 Å². The molecule has 1 fully saturated rings. The molecule has 1 aliphatic heterocycles. The SMILES string of the molecule is Cc1cc(Cl)c(C2COCCN2)s1.